The highest BCUT2D eigenvalue weighted by Gasteiger charge is 2.24. The standard InChI is InChI=1S/C14H21NO/c1-11-7-3-4-8-12(11)15-13-9-5-6-10-14(13)16-2/h3-4,7-8,13-15H,5-6,9-10H2,1-2H3. The molecule has 0 aromatic heterocycles. The summed E-state index contributed by atoms with van der Waals surface area (Å²) in [4.78, 5) is 0. The molecular weight excluding hydrogens is 198 g/mol. The maximum atomic E-state index is 5.55. The summed E-state index contributed by atoms with van der Waals surface area (Å²) in [5.74, 6) is 0. The van der Waals surface area contributed by atoms with Crippen LogP contribution in [0.5, 0.6) is 0 Å². The Morgan fingerprint density at radius 1 is 1.19 bits per heavy atom. The van der Waals surface area contributed by atoms with Crippen LogP contribution in [0.2, 0.25) is 0 Å². The van der Waals surface area contributed by atoms with Gasteiger partial charge in [0.25, 0.3) is 0 Å². The summed E-state index contributed by atoms with van der Waals surface area (Å²) in [5.41, 5.74) is 2.55. The van der Waals surface area contributed by atoms with Gasteiger partial charge in [0.2, 0.25) is 0 Å². The molecule has 2 nitrogen and oxygen atoms in total. The van der Waals surface area contributed by atoms with Crippen molar-refractivity contribution in [3.63, 3.8) is 0 Å². The molecule has 1 N–H and O–H groups in total. The highest BCUT2D eigenvalue weighted by Crippen LogP contribution is 2.25. The van der Waals surface area contributed by atoms with Crippen LogP contribution in [0.1, 0.15) is 31.2 Å². The third-order valence-electron chi connectivity index (χ3n) is 3.49. The van der Waals surface area contributed by atoms with Crippen molar-refractivity contribution in [1.82, 2.24) is 0 Å². The molecule has 0 bridgehead atoms. The fraction of sp³-hybridized carbons (Fsp3) is 0.571. The number of methoxy groups -OCH3 is 1. The van der Waals surface area contributed by atoms with Gasteiger partial charge in [0.1, 0.15) is 0 Å². The number of ether oxygens (including phenoxy) is 1. The SMILES string of the molecule is COC1CCCCC1Nc1ccccc1C. The van der Waals surface area contributed by atoms with Crippen molar-refractivity contribution in [1.29, 1.82) is 0 Å². The molecule has 0 aliphatic heterocycles. The average Bonchev–Trinajstić information content (AvgIpc) is 2.33. The molecule has 1 aromatic carbocycles. The normalized spacial score (nSPS) is 25.4. The molecule has 2 rings (SSSR count). The van der Waals surface area contributed by atoms with Crippen molar-refractivity contribution in [2.45, 2.75) is 44.8 Å². The second-order valence-corrected chi connectivity index (χ2v) is 4.62. The largest absolute Gasteiger partial charge is 0.379 e. The van der Waals surface area contributed by atoms with Gasteiger partial charge in [0.05, 0.1) is 12.1 Å². The van der Waals surface area contributed by atoms with E-state index in [0.29, 0.717) is 12.1 Å². The molecule has 0 radical (unpaired) electrons. The van der Waals surface area contributed by atoms with Gasteiger partial charge in [-0.25, -0.2) is 0 Å². The molecule has 0 amide bonds. The lowest BCUT2D eigenvalue weighted by molar-refractivity contribution is 0.0606. The van der Waals surface area contributed by atoms with Crippen molar-refractivity contribution < 1.29 is 4.74 Å². The summed E-state index contributed by atoms with van der Waals surface area (Å²) >= 11 is 0. The topological polar surface area (TPSA) is 21.3 Å². The van der Waals surface area contributed by atoms with Gasteiger partial charge in [0.15, 0.2) is 0 Å². The lowest BCUT2D eigenvalue weighted by atomic mass is 9.92. The zero-order valence-electron chi connectivity index (χ0n) is 10.2. The van der Waals surface area contributed by atoms with E-state index in [2.05, 4.69) is 36.5 Å². The minimum absolute atomic E-state index is 0.369. The van der Waals surface area contributed by atoms with E-state index in [1.165, 1.54) is 36.9 Å². The van der Waals surface area contributed by atoms with Crippen LogP contribution in [-0.2, 0) is 4.74 Å². The van der Waals surface area contributed by atoms with Crippen molar-refractivity contribution in [2.75, 3.05) is 12.4 Å². The molecular formula is C14H21NO. The molecule has 0 saturated heterocycles. The molecule has 1 fully saturated rings. The highest BCUT2D eigenvalue weighted by atomic mass is 16.5. The summed E-state index contributed by atoms with van der Waals surface area (Å²) in [7, 11) is 1.82. The monoisotopic (exact) mass is 219 g/mol. The van der Waals surface area contributed by atoms with E-state index in [-0.39, 0.29) is 0 Å². The third-order valence-corrected chi connectivity index (χ3v) is 3.49. The van der Waals surface area contributed by atoms with Gasteiger partial charge in [-0.2, -0.15) is 0 Å². The van der Waals surface area contributed by atoms with Gasteiger partial charge in [0, 0.05) is 12.8 Å². The van der Waals surface area contributed by atoms with Crippen LogP contribution in [0.3, 0.4) is 0 Å². The molecule has 1 aliphatic carbocycles. The first-order valence-corrected chi connectivity index (χ1v) is 6.16. The third kappa shape index (κ3) is 2.56. The van der Waals surface area contributed by atoms with Gasteiger partial charge in [-0.05, 0) is 31.4 Å². The summed E-state index contributed by atoms with van der Waals surface area (Å²) in [5, 5.41) is 3.63. The molecule has 1 saturated carbocycles. The van der Waals surface area contributed by atoms with Crippen molar-refractivity contribution in [3.05, 3.63) is 29.8 Å². The van der Waals surface area contributed by atoms with Gasteiger partial charge in [-0.15, -0.1) is 0 Å². The summed E-state index contributed by atoms with van der Waals surface area (Å²) < 4.78 is 5.55. The number of anilines is 1. The Morgan fingerprint density at radius 2 is 1.94 bits per heavy atom. The molecule has 88 valence electrons. The Kier molecular flexibility index (Phi) is 3.83. The second kappa shape index (κ2) is 5.35. The van der Waals surface area contributed by atoms with Crippen LogP contribution in [0.15, 0.2) is 24.3 Å². The zero-order valence-corrected chi connectivity index (χ0v) is 10.2. The molecule has 1 aliphatic rings. The fourth-order valence-corrected chi connectivity index (χ4v) is 2.48. The van der Waals surface area contributed by atoms with E-state index < -0.39 is 0 Å². The minimum atomic E-state index is 0.369. The number of rotatable bonds is 3. The summed E-state index contributed by atoms with van der Waals surface area (Å²) in [6.07, 6.45) is 5.37. The number of hydrogen-bond acceptors (Lipinski definition) is 2. The van der Waals surface area contributed by atoms with Crippen LogP contribution in [-0.4, -0.2) is 19.3 Å². The lowest BCUT2D eigenvalue weighted by Crippen LogP contribution is -2.37. The van der Waals surface area contributed by atoms with Crippen LogP contribution >= 0.6 is 0 Å². The van der Waals surface area contributed by atoms with E-state index >= 15 is 0 Å². The van der Waals surface area contributed by atoms with Crippen molar-refractivity contribution in [2.24, 2.45) is 0 Å². The predicted octanol–water partition coefficient (Wildman–Crippen LogP) is 3.36. The number of aryl methyl sites for hydroxylation is 1. The Morgan fingerprint density at radius 3 is 2.69 bits per heavy atom. The lowest BCUT2D eigenvalue weighted by Gasteiger charge is -2.32. The van der Waals surface area contributed by atoms with E-state index in [1.54, 1.807) is 0 Å². The van der Waals surface area contributed by atoms with Crippen LogP contribution in [0.4, 0.5) is 5.69 Å². The Bertz CT molecular complexity index is 337. The molecule has 1 aromatic rings. The maximum absolute atomic E-state index is 5.55. The smallest absolute Gasteiger partial charge is 0.0772 e. The van der Waals surface area contributed by atoms with E-state index in [4.69, 9.17) is 4.74 Å². The predicted molar refractivity (Wildman–Crippen MR) is 67.9 cm³/mol. The number of nitrogens with one attached hydrogen (secondary N) is 1. The van der Waals surface area contributed by atoms with Gasteiger partial charge >= 0.3 is 0 Å². The average molecular weight is 219 g/mol. The molecule has 2 atom stereocenters. The number of benzene rings is 1. The van der Waals surface area contributed by atoms with E-state index in [0.717, 1.165) is 0 Å². The first kappa shape index (κ1) is 11.5. The maximum Gasteiger partial charge on any atom is 0.0772 e. The highest BCUT2D eigenvalue weighted by molar-refractivity contribution is 5.51. The van der Waals surface area contributed by atoms with Gasteiger partial charge in [-0.3, -0.25) is 0 Å². The molecule has 0 spiro atoms. The Labute approximate surface area is 98.0 Å². The van der Waals surface area contributed by atoms with Gasteiger partial charge < -0.3 is 10.1 Å². The van der Waals surface area contributed by atoms with Crippen molar-refractivity contribution >= 4 is 5.69 Å². The second-order valence-electron chi connectivity index (χ2n) is 4.62. The molecule has 2 heteroatoms. The molecule has 2 unspecified atom stereocenters. The molecule has 0 heterocycles. The summed E-state index contributed by atoms with van der Waals surface area (Å²) in [6.45, 7) is 2.15. The number of hydrogen-bond donors (Lipinski definition) is 1. The van der Waals surface area contributed by atoms with Crippen molar-refractivity contribution in [3.8, 4) is 0 Å². The van der Waals surface area contributed by atoms with Crippen LogP contribution in [0.25, 0.3) is 0 Å². The zero-order chi connectivity index (χ0) is 11.4. The summed E-state index contributed by atoms with van der Waals surface area (Å²) in [6, 6.07) is 8.93. The van der Waals surface area contributed by atoms with Crippen LogP contribution in [0, 0.1) is 6.92 Å². The Balaban J connectivity index is 2.05. The first-order valence-electron chi connectivity index (χ1n) is 6.16. The van der Waals surface area contributed by atoms with E-state index in [1.807, 2.05) is 7.11 Å². The quantitative estimate of drug-likeness (QED) is 0.841. The van der Waals surface area contributed by atoms with Crippen LogP contribution < -0.4 is 5.32 Å². The van der Waals surface area contributed by atoms with E-state index in [9.17, 15) is 0 Å². The Hall–Kier alpha value is -1.02. The molecule has 16 heavy (non-hydrogen) atoms. The minimum Gasteiger partial charge on any atom is -0.379 e. The first-order chi connectivity index (χ1) is 7.81. The fourth-order valence-electron chi connectivity index (χ4n) is 2.48. The number of para-hydroxylation sites is 1. The van der Waals surface area contributed by atoms with Gasteiger partial charge in [-0.1, -0.05) is 31.0 Å².